The standard InChI is InChI=1S/C36H31BO2/c1-35(2)36(3,4)39-37(38-35)34-21-20-31(32-13-7-8-14-33(32)34)27-19-17-24-16-18-26(22-28(24)23-27)30-15-9-11-25-10-5-6-12-29(25)30/h5-23H,1-4H3. The van der Waals surface area contributed by atoms with Crippen LogP contribution in [-0.2, 0) is 9.31 Å². The van der Waals surface area contributed by atoms with Crippen LogP contribution in [0.15, 0.2) is 115 Å². The zero-order chi connectivity index (χ0) is 26.8. The lowest BCUT2D eigenvalue weighted by atomic mass is 9.75. The zero-order valence-corrected chi connectivity index (χ0v) is 22.9. The molecule has 0 unspecified atom stereocenters. The second-order valence-corrected chi connectivity index (χ2v) is 11.6. The van der Waals surface area contributed by atoms with Gasteiger partial charge in [0.05, 0.1) is 11.2 Å². The van der Waals surface area contributed by atoms with Crippen LogP contribution in [0.3, 0.4) is 0 Å². The van der Waals surface area contributed by atoms with Gasteiger partial charge in [0.15, 0.2) is 0 Å². The minimum atomic E-state index is -0.395. The van der Waals surface area contributed by atoms with E-state index in [0.717, 1.165) is 10.8 Å². The average Bonchev–Trinajstić information content (AvgIpc) is 3.17. The van der Waals surface area contributed by atoms with E-state index >= 15 is 0 Å². The molecule has 0 amide bonds. The summed E-state index contributed by atoms with van der Waals surface area (Å²) in [5, 5.41) is 7.38. The van der Waals surface area contributed by atoms with Gasteiger partial charge >= 0.3 is 7.12 Å². The highest BCUT2D eigenvalue weighted by atomic mass is 16.7. The second kappa shape index (κ2) is 8.81. The molecule has 190 valence electrons. The first-order valence-electron chi connectivity index (χ1n) is 13.7. The molecule has 2 nitrogen and oxygen atoms in total. The zero-order valence-electron chi connectivity index (χ0n) is 22.9. The van der Waals surface area contributed by atoms with E-state index in [2.05, 4.69) is 143 Å². The van der Waals surface area contributed by atoms with Crippen molar-refractivity contribution in [2.45, 2.75) is 38.9 Å². The molecule has 0 N–H and O–H groups in total. The highest BCUT2D eigenvalue weighted by molar-refractivity contribution is 6.65. The maximum Gasteiger partial charge on any atom is 0.495 e. The fourth-order valence-corrected chi connectivity index (χ4v) is 5.81. The molecule has 0 bridgehead atoms. The molecule has 0 aliphatic carbocycles. The van der Waals surface area contributed by atoms with E-state index in [4.69, 9.17) is 9.31 Å². The Hall–Kier alpha value is -3.92. The fourth-order valence-electron chi connectivity index (χ4n) is 5.81. The van der Waals surface area contributed by atoms with Gasteiger partial charge in [0.2, 0.25) is 0 Å². The normalized spacial score (nSPS) is 16.4. The summed E-state index contributed by atoms with van der Waals surface area (Å²) < 4.78 is 12.8. The van der Waals surface area contributed by atoms with Crippen molar-refractivity contribution in [3.05, 3.63) is 115 Å². The maximum absolute atomic E-state index is 6.42. The summed E-state index contributed by atoms with van der Waals surface area (Å²) >= 11 is 0. The molecule has 0 radical (unpaired) electrons. The van der Waals surface area contributed by atoms with Crippen molar-refractivity contribution in [1.29, 1.82) is 0 Å². The van der Waals surface area contributed by atoms with Gasteiger partial charge in [0.1, 0.15) is 0 Å². The lowest BCUT2D eigenvalue weighted by Crippen LogP contribution is -2.41. The maximum atomic E-state index is 6.42. The fraction of sp³-hybridized carbons (Fsp3) is 0.167. The molecular formula is C36H31BO2. The first kappa shape index (κ1) is 24.1. The quantitative estimate of drug-likeness (QED) is 0.223. The van der Waals surface area contributed by atoms with Crippen LogP contribution in [0.25, 0.3) is 54.6 Å². The van der Waals surface area contributed by atoms with Crippen molar-refractivity contribution in [2.24, 2.45) is 0 Å². The van der Waals surface area contributed by atoms with Crippen LogP contribution in [0.1, 0.15) is 27.7 Å². The number of hydrogen-bond donors (Lipinski definition) is 0. The van der Waals surface area contributed by atoms with Gasteiger partial charge in [-0.3, -0.25) is 0 Å². The van der Waals surface area contributed by atoms with Gasteiger partial charge in [-0.1, -0.05) is 103 Å². The summed E-state index contributed by atoms with van der Waals surface area (Å²) in [6.45, 7) is 8.41. The Labute approximate surface area is 230 Å². The third-order valence-electron chi connectivity index (χ3n) is 8.72. The Morgan fingerprint density at radius 1 is 0.462 bits per heavy atom. The third kappa shape index (κ3) is 3.96. The summed E-state index contributed by atoms with van der Waals surface area (Å²) in [6.07, 6.45) is 0. The highest BCUT2D eigenvalue weighted by Gasteiger charge is 2.52. The van der Waals surface area contributed by atoms with E-state index in [-0.39, 0.29) is 11.2 Å². The largest absolute Gasteiger partial charge is 0.495 e. The Balaban J connectivity index is 1.34. The Morgan fingerprint density at radius 3 is 1.72 bits per heavy atom. The predicted octanol–water partition coefficient (Wildman–Crippen LogP) is 8.78. The van der Waals surface area contributed by atoms with Crippen molar-refractivity contribution in [3.8, 4) is 22.3 Å². The van der Waals surface area contributed by atoms with E-state index in [0.29, 0.717) is 0 Å². The molecule has 1 fully saturated rings. The highest BCUT2D eigenvalue weighted by Crippen LogP contribution is 2.38. The predicted molar refractivity (Wildman–Crippen MR) is 166 cm³/mol. The summed E-state index contributed by atoms with van der Waals surface area (Å²) in [5.41, 5.74) is 5.23. The summed E-state index contributed by atoms with van der Waals surface area (Å²) in [4.78, 5) is 0. The molecule has 0 spiro atoms. The molecule has 39 heavy (non-hydrogen) atoms. The minimum Gasteiger partial charge on any atom is -0.399 e. The van der Waals surface area contributed by atoms with E-state index in [1.807, 2.05) is 0 Å². The Kier molecular flexibility index (Phi) is 5.45. The van der Waals surface area contributed by atoms with E-state index in [1.165, 1.54) is 49.2 Å². The SMILES string of the molecule is CC1(C)OB(c2ccc(-c3ccc4ccc(-c5cccc6ccccc56)cc4c3)c3ccccc23)OC1(C)C. The first-order chi connectivity index (χ1) is 18.8. The molecule has 0 saturated carbocycles. The van der Waals surface area contributed by atoms with Gasteiger partial charge < -0.3 is 9.31 Å². The number of rotatable bonds is 3. The lowest BCUT2D eigenvalue weighted by molar-refractivity contribution is 0.00578. The van der Waals surface area contributed by atoms with Crippen LogP contribution in [0, 0.1) is 0 Å². The topological polar surface area (TPSA) is 18.5 Å². The minimum absolute atomic E-state index is 0.377. The molecular weight excluding hydrogens is 475 g/mol. The van der Waals surface area contributed by atoms with Gasteiger partial charge in [-0.25, -0.2) is 0 Å². The summed E-state index contributed by atoms with van der Waals surface area (Å²) in [7, 11) is -0.395. The van der Waals surface area contributed by atoms with Crippen LogP contribution < -0.4 is 5.46 Å². The summed E-state index contributed by atoms with van der Waals surface area (Å²) in [6, 6.07) is 41.7. The van der Waals surface area contributed by atoms with Crippen molar-refractivity contribution in [3.63, 3.8) is 0 Å². The number of benzene rings is 6. The van der Waals surface area contributed by atoms with E-state index in [1.54, 1.807) is 0 Å². The molecule has 1 saturated heterocycles. The van der Waals surface area contributed by atoms with Crippen LogP contribution in [0.2, 0.25) is 0 Å². The molecule has 1 aliphatic heterocycles. The van der Waals surface area contributed by atoms with Crippen molar-refractivity contribution >= 4 is 44.9 Å². The lowest BCUT2D eigenvalue weighted by Gasteiger charge is -2.32. The van der Waals surface area contributed by atoms with Crippen LogP contribution in [0.4, 0.5) is 0 Å². The van der Waals surface area contributed by atoms with E-state index in [9.17, 15) is 0 Å². The molecule has 1 aliphatic rings. The second-order valence-electron chi connectivity index (χ2n) is 11.6. The molecule has 3 heteroatoms. The molecule has 1 heterocycles. The number of fused-ring (bicyclic) bond motifs is 3. The molecule has 6 aromatic carbocycles. The van der Waals surface area contributed by atoms with Gasteiger partial charge in [0, 0.05) is 0 Å². The first-order valence-corrected chi connectivity index (χ1v) is 13.7. The van der Waals surface area contributed by atoms with Crippen LogP contribution in [0.5, 0.6) is 0 Å². The van der Waals surface area contributed by atoms with Gasteiger partial charge in [-0.2, -0.15) is 0 Å². The average molecular weight is 506 g/mol. The van der Waals surface area contributed by atoms with Crippen LogP contribution >= 0.6 is 0 Å². The van der Waals surface area contributed by atoms with Crippen LogP contribution in [-0.4, -0.2) is 18.3 Å². The molecule has 7 rings (SSSR count). The van der Waals surface area contributed by atoms with Gasteiger partial charge in [-0.05, 0) is 99.9 Å². The van der Waals surface area contributed by atoms with E-state index < -0.39 is 7.12 Å². The van der Waals surface area contributed by atoms with Crippen molar-refractivity contribution < 1.29 is 9.31 Å². The van der Waals surface area contributed by atoms with Crippen molar-refractivity contribution in [2.75, 3.05) is 0 Å². The van der Waals surface area contributed by atoms with Gasteiger partial charge in [0.25, 0.3) is 0 Å². The van der Waals surface area contributed by atoms with Crippen molar-refractivity contribution in [1.82, 2.24) is 0 Å². The Morgan fingerprint density at radius 2 is 1.03 bits per heavy atom. The molecule has 6 aromatic rings. The molecule has 0 atom stereocenters. The third-order valence-corrected chi connectivity index (χ3v) is 8.72. The summed E-state index contributed by atoms with van der Waals surface area (Å²) in [5.74, 6) is 0. The smallest absolute Gasteiger partial charge is 0.399 e. The molecule has 0 aromatic heterocycles. The van der Waals surface area contributed by atoms with Gasteiger partial charge in [-0.15, -0.1) is 0 Å². The monoisotopic (exact) mass is 506 g/mol. The Bertz CT molecular complexity index is 1860. The number of hydrogen-bond acceptors (Lipinski definition) is 2.